The summed E-state index contributed by atoms with van der Waals surface area (Å²) in [5.41, 5.74) is 2.24. The van der Waals surface area contributed by atoms with Crippen LogP contribution in [0.5, 0.6) is 0 Å². The molecule has 0 aliphatic carbocycles. The van der Waals surface area contributed by atoms with Crippen molar-refractivity contribution in [3.8, 4) is 5.69 Å². The summed E-state index contributed by atoms with van der Waals surface area (Å²) in [6, 6.07) is 20.7. The lowest BCUT2D eigenvalue weighted by Crippen LogP contribution is -2.30. The minimum Gasteiger partial charge on any atom is -0.464 e. The van der Waals surface area contributed by atoms with Gasteiger partial charge in [0.05, 0.1) is 19.2 Å². The third-order valence-electron chi connectivity index (χ3n) is 5.98. The molecule has 4 rings (SSSR count). The molecule has 3 aromatic carbocycles. The Morgan fingerprint density at radius 1 is 1.03 bits per heavy atom. The molecule has 0 radical (unpaired) electrons. The second-order valence-corrected chi connectivity index (χ2v) is 9.57. The molecule has 0 saturated carbocycles. The largest absolute Gasteiger partial charge is 0.464 e. The fourth-order valence-corrected chi connectivity index (χ4v) is 4.44. The highest BCUT2D eigenvalue weighted by molar-refractivity contribution is 6.31. The van der Waals surface area contributed by atoms with Crippen molar-refractivity contribution in [2.45, 2.75) is 20.3 Å². The summed E-state index contributed by atoms with van der Waals surface area (Å²) in [6.45, 7) is 4.01. The van der Waals surface area contributed by atoms with Gasteiger partial charge in [0.1, 0.15) is 5.69 Å². The molecular weight excluding hydrogens is 492 g/mol. The summed E-state index contributed by atoms with van der Waals surface area (Å²) < 4.78 is 6.80. The number of aromatic nitrogens is 1. The number of amides is 1. The number of carbonyl (C=O) groups is 2. The van der Waals surface area contributed by atoms with E-state index < -0.39 is 11.9 Å². The Morgan fingerprint density at radius 2 is 1.70 bits per heavy atom. The summed E-state index contributed by atoms with van der Waals surface area (Å²) in [5, 5.41) is 11.6. The van der Waals surface area contributed by atoms with Crippen LogP contribution in [0.2, 0.25) is 5.02 Å². The van der Waals surface area contributed by atoms with Gasteiger partial charge in [-0.1, -0.05) is 55.8 Å². The van der Waals surface area contributed by atoms with E-state index in [0.717, 1.165) is 0 Å². The number of carbonyl (C=O) groups excluding carboxylic acids is 2. The predicted octanol–water partition coefficient (Wildman–Crippen LogP) is 5.51. The van der Waals surface area contributed by atoms with Gasteiger partial charge in [-0.25, -0.2) is 9.86 Å². The fourth-order valence-electron chi connectivity index (χ4n) is 4.27. The van der Waals surface area contributed by atoms with Gasteiger partial charge < -0.3 is 9.30 Å². The van der Waals surface area contributed by atoms with Crippen LogP contribution in [0.4, 0.5) is 0 Å². The van der Waals surface area contributed by atoms with Crippen molar-refractivity contribution in [2.75, 3.05) is 13.7 Å². The van der Waals surface area contributed by atoms with Crippen LogP contribution in [0, 0.1) is 5.92 Å². The smallest absolute Gasteiger partial charge is 0.355 e. The van der Waals surface area contributed by atoms with Crippen molar-refractivity contribution in [3.63, 3.8) is 0 Å². The van der Waals surface area contributed by atoms with Crippen LogP contribution >= 0.6 is 11.6 Å². The van der Waals surface area contributed by atoms with Crippen LogP contribution in [0.25, 0.3) is 16.6 Å². The number of pyridine rings is 1. The van der Waals surface area contributed by atoms with Gasteiger partial charge in [-0.2, -0.15) is 0 Å². The molecule has 0 spiro atoms. The number of hydroxylamine groups is 2. The Morgan fingerprint density at radius 3 is 2.32 bits per heavy atom. The first kappa shape index (κ1) is 26.1. The first-order chi connectivity index (χ1) is 17.7. The summed E-state index contributed by atoms with van der Waals surface area (Å²) in [5.74, 6) is -1.06. The van der Waals surface area contributed by atoms with Gasteiger partial charge in [0, 0.05) is 33.6 Å². The first-order valence-corrected chi connectivity index (χ1v) is 12.2. The lowest BCUT2D eigenvalue weighted by Gasteiger charge is -2.20. The van der Waals surface area contributed by atoms with Crippen LogP contribution in [0.1, 0.15) is 45.8 Å². The molecule has 37 heavy (non-hydrogen) atoms. The number of esters is 1. The molecule has 1 N–H and O–H groups in total. The van der Waals surface area contributed by atoms with Crippen LogP contribution in [-0.4, -0.2) is 40.4 Å². The Balaban J connectivity index is 1.86. The second kappa shape index (κ2) is 11.0. The SMILES string of the molecule is COC(=O)c1c(Cc2ccc(C(=O)N(O)CC(C)C)cc2)c(=O)c2ccc(Cl)cc2n1-c1ccccc1. The monoisotopic (exact) mass is 518 g/mol. The minimum absolute atomic E-state index is 0.104. The lowest BCUT2D eigenvalue weighted by atomic mass is 9.98. The zero-order valence-electron chi connectivity index (χ0n) is 20.8. The molecule has 0 aliphatic heterocycles. The van der Waals surface area contributed by atoms with Gasteiger partial charge in [0.15, 0.2) is 5.43 Å². The molecule has 0 aliphatic rings. The number of rotatable bonds is 7. The van der Waals surface area contributed by atoms with E-state index in [1.54, 1.807) is 47.0 Å². The zero-order valence-corrected chi connectivity index (χ0v) is 21.5. The van der Waals surface area contributed by atoms with Gasteiger partial charge >= 0.3 is 5.97 Å². The van der Waals surface area contributed by atoms with Gasteiger partial charge in [0.25, 0.3) is 5.91 Å². The fraction of sp³-hybridized carbons (Fsp3) is 0.207. The average molecular weight is 519 g/mol. The molecule has 1 aromatic heterocycles. The molecule has 0 fully saturated rings. The number of methoxy groups -OCH3 is 1. The van der Waals surface area contributed by atoms with Crippen molar-refractivity contribution >= 4 is 34.4 Å². The summed E-state index contributed by atoms with van der Waals surface area (Å²) >= 11 is 6.28. The van der Waals surface area contributed by atoms with Gasteiger partial charge in [-0.15, -0.1) is 0 Å². The first-order valence-electron chi connectivity index (χ1n) is 11.8. The van der Waals surface area contributed by atoms with Crippen LogP contribution in [0.3, 0.4) is 0 Å². The summed E-state index contributed by atoms with van der Waals surface area (Å²) in [4.78, 5) is 39.3. The van der Waals surface area contributed by atoms with Gasteiger partial charge in [0.2, 0.25) is 0 Å². The van der Waals surface area contributed by atoms with Crippen molar-refractivity contribution in [1.29, 1.82) is 0 Å². The highest BCUT2D eigenvalue weighted by Gasteiger charge is 2.25. The standard InChI is InChI=1S/C29H27ClN2O5/c1-18(2)17-31(36)28(34)20-11-9-19(10-12-20)15-24-26(29(35)37-3)32(22-7-5-4-6-8-22)25-16-21(30)13-14-23(25)27(24)33/h4-14,16,18,36H,15,17H2,1-3H3. The van der Waals surface area contributed by atoms with Gasteiger partial charge in [-0.3, -0.25) is 14.8 Å². The summed E-state index contributed by atoms with van der Waals surface area (Å²) in [6.07, 6.45) is 0.123. The topological polar surface area (TPSA) is 88.8 Å². The molecule has 1 heterocycles. The Labute approximate surface area is 219 Å². The quantitative estimate of drug-likeness (QED) is 0.198. The van der Waals surface area contributed by atoms with Crippen molar-refractivity contribution in [1.82, 2.24) is 9.63 Å². The third-order valence-corrected chi connectivity index (χ3v) is 6.21. The maximum Gasteiger partial charge on any atom is 0.355 e. The van der Waals surface area contributed by atoms with Crippen LogP contribution in [0.15, 0.2) is 77.6 Å². The van der Waals surface area contributed by atoms with E-state index in [0.29, 0.717) is 37.8 Å². The maximum absolute atomic E-state index is 13.7. The number of fused-ring (bicyclic) bond motifs is 1. The minimum atomic E-state index is -0.658. The molecule has 0 bridgehead atoms. The predicted molar refractivity (Wildman–Crippen MR) is 143 cm³/mol. The zero-order chi connectivity index (χ0) is 26.7. The number of benzene rings is 3. The number of nitrogens with zero attached hydrogens (tertiary/aromatic N) is 2. The number of para-hydroxylation sites is 1. The maximum atomic E-state index is 13.7. The molecular formula is C29H27ClN2O5. The molecule has 1 amide bonds. The van der Waals surface area contributed by atoms with Crippen molar-refractivity contribution in [3.05, 3.63) is 110 Å². The van der Waals surface area contributed by atoms with E-state index >= 15 is 0 Å². The molecule has 8 heteroatoms. The van der Waals surface area contributed by atoms with E-state index in [1.807, 2.05) is 44.2 Å². The average Bonchev–Trinajstić information content (AvgIpc) is 2.89. The van der Waals surface area contributed by atoms with E-state index in [4.69, 9.17) is 16.3 Å². The molecule has 0 atom stereocenters. The molecule has 0 saturated heterocycles. The van der Waals surface area contributed by atoms with E-state index in [1.165, 1.54) is 7.11 Å². The second-order valence-electron chi connectivity index (χ2n) is 9.14. The third kappa shape index (κ3) is 5.43. The van der Waals surface area contributed by atoms with Crippen LogP contribution < -0.4 is 5.43 Å². The molecule has 7 nitrogen and oxygen atoms in total. The molecule has 0 unspecified atom stereocenters. The highest BCUT2D eigenvalue weighted by atomic mass is 35.5. The van der Waals surface area contributed by atoms with Crippen molar-refractivity contribution in [2.24, 2.45) is 5.92 Å². The Bertz CT molecular complexity index is 1510. The number of hydrogen-bond donors (Lipinski definition) is 1. The van der Waals surface area contributed by atoms with E-state index in [2.05, 4.69) is 0 Å². The summed E-state index contributed by atoms with van der Waals surface area (Å²) in [7, 11) is 1.27. The normalized spacial score (nSPS) is 11.1. The Kier molecular flexibility index (Phi) is 7.76. The highest BCUT2D eigenvalue weighted by Crippen LogP contribution is 2.26. The molecule has 190 valence electrons. The number of hydrogen-bond acceptors (Lipinski definition) is 5. The van der Waals surface area contributed by atoms with E-state index in [-0.39, 0.29) is 35.6 Å². The number of ether oxygens (including phenoxy) is 1. The lowest BCUT2D eigenvalue weighted by molar-refractivity contribution is -0.0647. The van der Waals surface area contributed by atoms with E-state index in [9.17, 15) is 19.6 Å². The molecule has 4 aromatic rings. The Hall–Kier alpha value is -3.94. The van der Waals surface area contributed by atoms with Crippen LogP contribution in [-0.2, 0) is 11.2 Å². The van der Waals surface area contributed by atoms with Gasteiger partial charge in [-0.05, 0) is 53.9 Å². The van der Waals surface area contributed by atoms with Crippen molar-refractivity contribution < 1.29 is 19.5 Å². The number of halogens is 1.